The maximum absolute atomic E-state index is 11.6. The first-order valence-electron chi connectivity index (χ1n) is 5.89. The summed E-state index contributed by atoms with van der Waals surface area (Å²) in [6, 6.07) is 7.72. The van der Waals surface area contributed by atoms with Gasteiger partial charge in [-0.2, -0.15) is 0 Å². The maximum atomic E-state index is 11.6. The van der Waals surface area contributed by atoms with E-state index in [-0.39, 0.29) is 0 Å². The molecule has 0 fully saturated rings. The lowest BCUT2D eigenvalue weighted by atomic mass is 10.1. The molecule has 0 saturated heterocycles. The first-order valence-corrected chi connectivity index (χ1v) is 5.89. The van der Waals surface area contributed by atoms with Crippen molar-refractivity contribution in [2.24, 2.45) is 0 Å². The van der Waals surface area contributed by atoms with Gasteiger partial charge in [0.2, 0.25) is 5.78 Å². The largest absolute Gasteiger partial charge is 0.345 e. The fraction of sp³-hybridized carbons (Fsp3) is 0.333. The quantitative estimate of drug-likeness (QED) is 0.657. The molecule has 1 aromatic rings. The highest BCUT2D eigenvalue weighted by atomic mass is 16.2. The molecule has 1 N–H and O–H groups in total. The topological polar surface area (TPSA) is 46.2 Å². The number of aryl methyl sites for hydroxylation is 1. The van der Waals surface area contributed by atoms with E-state index in [4.69, 9.17) is 0 Å². The minimum absolute atomic E-state index is 0.398. The van der Waals surface area contributed by atoms with Crippen molar-refractivity contribution in [2.75, 3.05) is 0 Å². The lowest BCUT2D eigenvalue weighted by Gasteiger charge is -2.19. The Bertz CT molecular complexity index is 464. The Hall–Kier alpha value is -1.90. The van der Waals surface area contributed by atoms with Gasteiger partial charge in [0.05, 0.1) is 0 Å². The van der Waals surface area contributed by atoms with Crippen LogP contribution in [-0.4, -0.2) is 17.2 Å². The van der Waals surface area contributed by atoms with Crippen molar-refractivity contribution in [2.45, 2.75) is 33.2 Å². The van der Waals surface area contributed by atoms with E-state index in [9.17, 15) is 9.59 Å². The summed E-state index contributed by atoms with van der Waals surface area (Å²) in [5.41, 5.74) is 1.66. The molecule has 1 rings (SSSR count). The van der Waals surface area contributed by atoms with Crippen LogP contribution in [0, 0.1) is 6.92 Å². The van der Waals surface area contributed by atoms with E-state index in [1.807, 2.05) is 52.0 Å². The molecule has 1 aromatic carbocycles. The SMILES string of the molecule is Cc1ccc(/C=C/C(=O)C(=O)NC(C)(C)C)cc1. The molecule has 0 aliphatic carbocycles. The molecule has 0 aromatic heterocycles. The maximum Gasteiger partial charge on any atom is 0.292 e. The first kappa shape index (κ1) is 14.2. The predicted octanol–water partition coefficient (Wildman–Crippen LogP) is 2.49. The second-order valence-electron chi connectivity index (χ2n) is 5.31. The number of amides is 1. The summed E-state index contributed by atoms with van der Waals surface area (Å²) in [5, 5.41) is 2.62. The number of benzene rings is 1. The summed E-state index contributed by atoms with van der Waals surface area (Å²) in [6.07, 6.45) is 2.94. The zero-order valence-corrected chi connectivity index (χ0v) is 11.3. The second kappa shape index (κ2) is 5.63. The molecular weight excluding hydrogens is 226 g/mol. The summed E-state index contributed by atoms with van der Waals surface area (Å²) in [6.45, 7) is 7.50. The predicted molar refractivity (Wildman–Crippen MR) is 73.1 cm³/mol. The summed E-state index contributed by atoms with van der Waals surface area (Å²) in [7, 11) is 0. The van der Waals surface area contributed by atoms with Gasteiger partial charge in [0.1, 0.15) is 0 Å². The number of hydrogen-bond acceptors (Lipinski definition) is 2. The Morgan fingerprint density at radius 3 is 2.17 bits per heavy atom. The minimum Gasteiger partial charge on any atom is -0.345 e. The third-order valence-corrected chi connectivity index (χ3v) is 2.22. The molecule has 0 spiro atoms. The number of rotatable bonds is 3. The van der Waals surface area contributed by atoms with Gasteiger partial charge in [0, 0.05) is 5.54 Å². The molecule has 0 bridgehead atoms. The molecule has 0 heterocycles. The molecule has 18 heavy (non-hydrogen) atoms. The van der Waals surface area contributed by atoms with Crippen molar-refractivity contribution in [3.63, 3.8) is 0 Å². The van der Waals surface area contributed by atoms with Crippen LogP contribution in [0.25, 0.3) is 6.08 Å². The summed E-state index contributed by atoms with van der Waals surface area (Å²) < 4.78 is 0. The molecule has 3 heteroatoms. The third kappa shape index (κ3) is 4.95. The van der Waals surface area contributed by atoms with Gasteiger partial charge in [-0.1, -0.05) is 35.9 Å². The van der Waals surface area contributed by atoms with Crippen LogP contribution in [0.5, 0.6) is 0 Å². The van der Waals surface area contributed by atoms with Crippen LogP contribution in [0.4, 0.5) is 0 Å². The van der Waals surface area contributed by atoms with E-state index >= 15 is 0 Å². The van der Waals surface area contributed by atoms with E-state index < -0.39 is 17.2 Å². The smallest absolute Gasteiger partial charge is 0.292 e. The summed E-state index contributed by atoms with van der Waals surface area (Å²) >= 11 is 0. The van der Waals surface area contributed by atoms with Gasteiger partial charge in [-0.25, -0.2) is 0 Å². The highest BCUT2D eigenvalue weighted by Gasteiger charge is 2.17. The molecule has 0 radical (unpaired) electrons. The van der Waals surface area contributed by atoms with Crippen LogP contribution in [0.2, 0.25) is 0 Å². The van der Waals surface area contributed by atoms with E-state index in [1.165, 1.54) is 6.08 Å². The van der Waals surface area contributed by atoms with Crippen LogP contribution in [0.1, 0.15) is 31.9 Å². The lowest BCUT2D eigenvalue weighted by molar-refractivity contribution is -0.136. The van der Waals surface area contributed by atoms with E-state index in [1.54, 1.807) is 6.08 Å². The van der Waals surface area contributed by atoms with Gasteiger partial charge in [-0.3, -0.25) is 9.59 Å². The molecular formula is C15H19NO2. The Morgan fingerprint density at radius 1 is 1.11 bits per heavy atom. The molecule has 0 unspecified atom stereocenters. The summed E-state index contributed by atoms with van der Waals surface area (Å²) in [4.78, 5) is 23.1. The van der Waals surface area contributed by atoms with Crippen LogP contribution in [0.15, 0.2) is 30.3 Å². The summed E-state index contributed by atoms with van der Waals surface area (Å²) in [5.74, 6) is -1.11. The number of ketones is 1. The standard InChI is InChI=1S/C15H19NO2/c1-11-5-7-12(8-6-11)9-10-13(17)14(18)16-15(2,3)4/h5-10H,1-4H3,(H,16,18)/b10-9+. The molecule has 0 aliphatic rings. The number of hydrogen-bond donors (Lipinski definition) is 1. The molecule has 3 nitrogen and oxygen atoms in total. The number of carbonyl (C=O) groups is 2. The van der Waals surface area contributed by atoms with Gasteiger partial charge in [-0.15, -0.1) is 0 Å². The zero-order valence-electron chi connectivity index (χ0n) is 11.3. The third-order valence-electron chi connectivity index (χ3n) is 2.22. The Balaban J connectivity index is 2.64. The minimum atomic E-state index is -0.578. The lowest BCUT2D eigenvalue weighted by Crippen LogP contribution is -2.43. The molecule has 0 saturated carbocycles. The van der Waals surface area contributed by atoms with Crippen LogP contribution in [0.3, 0.4) is 0 Å². The van der Waals surface area contributed by atoms with Gasteiger partial charge >= 0.3 is 0 Å². The van der Waals surface area contributed by atoms with Crippen molar-refractivity contribution in [1.82, 2.24) is 5.32 Å². The average molecular weight is 245 g/mol. The first-order chi connectivity index (χ1) is 8.28. The zero-order chi connectivity index (χ0) is 13.8. The fourth-order valence-electron chi connectivity index (χ4n) is 1.33. The van der Waals surface area contributed by atoms with Crippen LogP contribution >= 0.6 is 0 Å². The van der Waals surface area contributed by atoms with Crippen molar-refractivity contribution in [3.05, 3.63) is 41.5 Å². The van der Waals surface area contributed by atoms with Crippen molar-refractivity contribution >= 4 is 17.8 Å². The molecule has 1 amide bonds. The van der Waals surface area contributed by atoms with E-state index in [0.29, 0.717) is 0 Å². The Labute approximate surface area is 108 Å². The number of nitrogens with one attached hydrogen (secondary N) is 1. The Kier molecular flexibility index (Phi) is 4.43. The van der Waals surface area contributed by atoms with Gasteiger partial charge in [-0.05, 0) is 39.3 Å². The molecule has 0 aliphatic heterocycles. The van der Waals surface area contributed by atoms with Crippen LogP contribution < -0.4 is 5.32 Å². The van der Waals surface area contributed by atoms with Crippen molar-refractivity contribution in [1.29, 1.82) is 0 Å². The van der Waals surface area contributed by atoms with Crippen molar-refractivity contribution < 1.29 is 9.59 Å². The van der Waals surface area contributed by atoms with Crippen LogP contribution in [-0.2, 0) is 9.59 Å². The second-order valence-corrected chi connectivity index (χ2v) is 5.31. The average Bonchev–Trinajstić information content (AvgIpc) is 2.25. The van der Waals surface area contributed by atoms with Gasteiger partial charge in [0.25, 0.3) is 5.91 Å². The van der Waals surface area contributed by atoms with E-state index in [0.717, 1.165) is 11.1 Å². The number of carbonyl (C=O) groups excluding carboxylic acids is 2. The monoisotopic (exact) mass is 245 g/mol. The normalized spacial score (nSPS) is 11.6. The Morgan fingerprint density at radius 2 is 1.67 bits per heavy atom. The highest BCUT2D eigenvalue weighted by Crippen LogP contribution is 2.05. The van der Waals surface area contributed by atoms with Gasteiger partial charge in [0.15, 0.2) is 0 Å². The highest BCUT2D eigenvalue weighted by molar-refractivity contribution is 6.41. The van der Waals surface area contributed by atoms with Crippen molar-refractivity contribution in [3.8, 4) is 0 Å². The molecule has 96 valence electrons. The molecule has 0 atom stereocenters. The van der Waals surface area contributed by atoms with E-state index in [2.05, 4.69) is 5.32 Å². The fourth-order valence-corrected chi connectivity index (χ4v) is 1.33. The van der Waals surface area contributed by atoms with Gasteiger partial charge < -0.3 is 5.32 Å².